The first-order valence-electron chi connectivity index (χ1n) is 10.1. The van der Waals surface area contributed by atoms with Gasteiger partial charge in [0.15, 0.2) is 0 Å². The van der Waals surface area contributed by atoms with Crippen LogP contribution in [0.15, 0.2) is 48.8 Å². The Balaban J connectivity index is 1.66. The maximum atomic E-state index is 13.0. The molecule has 28 heavy (non-hydrogen) atoms. The van der Waals surface area contributed by atoms with Gasteiger partial charge in [-0.3, -0.25) is 14.6 Å². The highest BCUT2D eigenvalue weighted by Crippen LogP contribution is 2.39. The maximum absolute atomic E-state index is 13.0. The topological polar surface area (TPSA) is 62.3 Å². The van der Waals surface area contributed by atoms with Crippen molar-refractivity contribution < 1.29 is 9.59 Å². The smallest absolute Gasteiger partial charge is 0.228 e. The molecule has 1 N–H and O–H groups in total. The number of hydrogen-bond donors (Lipinski definition) is 1. The van der Waals surface area contributed by atoms with Crippen LogP contribution in [0.1, 0.15) is 31.2 Å². The van der Waals surface area contributed by atoms with Gasteiger partial charge in [-0.1, -0.05) is 30.3 Å². The molecule has 0 spiro atoms. The van der Waals surface area contributed by atoms with Gasteiger partial charge in [0.05, 0.1) is 5.41 Å². The van der Waals surface area contributed by atoms with Crippen molar-refractivity contribution in [3.63, 3.8) is 0 Å². The normalized spacial score (nSPS) is 22.0. The molecule has 1 aliphatic heterocycles. The molecule has 2 fully saturated rings. The molecular formula is C23H27N3O2. The number of carbonyl (C=O) groups is 2. The predicted molar refractivity (Wildman–Crippen MR) is 108 cm³/mol. The van der Waals surface area contributed by atoms with Gasteiger partial charge >= 0.3 is 0 Å². The van der Waals surface area contributed by atoms with Gasteiger partial charge in [-0.25, -0.2) is 0 Å². The van der Waals surface area contributed by atoms with Crippen LogP contribution in [0.25, 0.3) is 11.1 Å². The second-order valence-electron chi connectivity index (χ2n) is 8.07. The van der Waals surface area contributed by atoms with Gasteiger partial charge in [-0.15, -0.1) is 0 Å². The quantitative estimate of drug-likeness (QED) is 0.871. The highest BCUT2D eigenvalue weighted by Gasteiger charge is 2.45. The van der Waals surface area contributed by atoms with E-state index in [0.29, 0.717) is 13.0 Å². The third-order valence-electron chi connectivity index (χ3n) is 6.04. The van der Waals surface area contributed by atoms with E-state index in [-0.39, 0.29) is 17.7 Å². The van der Waals surface area contributed by atoms with Gasteiger partial charge in [0, 0.05) is 44.0 Å². The lowest BCUT2D eigenvalue weighted by Crippen LogP contribution is -2.54. The molecule has 2 heterocycles. The summed E-state index contributed by atoms with van der Waals surface area (Å²) in [6, 6.07) is 12.2. The van der Waals surface area contributed by atoms with E-state index in [1.807, 2.05) is 35.4 Å². The van der Waals surface area contributed by atoms with Crippen LogP contribution in [0.5, 0.6) is 0 Å². The van der Waals surface area contributed by atoms with Gasteiger partial charge < -0.3 is 10.2 Å². The Morgan fingerprint density at radius 2 is 2.04 bits per heavy atom. The molecule has 1 aromatic heterocycles. The number of nitrogens with one attached hydrogen (secondary N) is 1. The fourth-order valence-electron chi connectivity index (χ4n) is 4.43. The fourth-order valence-corrected chi connectivity index (χ4v) is 4.43. The molecule has 1 saturated carbocycles. The summed E-state index contributed by atoms with van der Waals surface area (Å²) in [6.45, 7) is 1.27. The van der Waals surface area contributed by atoms with Crippen LogP contribution < -0.4 is 5.32 Å². The lowest BCUT2D eigenvalue weighted by molar-refractivity contribution is -0.142. The third kappa shape index (κ3) is 3.66. The number of aromatic nitrogens is 1. The third-order valence-corrected chi connectivity index (χ3v) is 6.04. The lowest BCUT2D eigenvalue weighted by Gasteiger charge is -2.42. The van der Waals surface area contributed by atoms with E-state index in [1.54, 1.807) is 13.2 Å². The monoisotopic (exact) mass is 377 g/mol. The first kappa shape index (κ1) is 18.7. The molecule has 5 nitrogen and oxygen atoms in total. The minimum Gasteiger partial charge on any atom is -0.359 e. The zero-order valence-electron chi connectivity index (χ0n) is 16.4. The summed E-state index contributed by atoms with van der Waals surface area (Å²) in [5.41, 5.74) is 2.69. The van der Waals surface area contributed by atoms with E-state index in [2.05, 4.69) is 22.4 Å². The summed E-state index contributed by atoms with van der Waals surface area (Å²) in [7, 11) is 1.69. The molecule has 4 rings (SSSR count). The number of nitrogens with zero attached hydrogens (tertiary/aromatic N) is 2. The second kappa shape index (κ2) is 7.74. The van der Waals surface area contributed by atoms with Crippen LogP contribution in [-0.2, 0) is 16.0 Å². The zero-order chi connectivity index (χ0) is 19.6. The molecule has 2 aliphatic rings. The Bertz CT molecular complexity index is 863. The van der Waals surface area contributed by atoms with E-state index >= 15 is 0 Å². The molecule has 5 heteroatoms. The van der Waals surface area contributed by atoms with Crippen LogP contribution >= 0.6 is 0 Å². The van der Waals surface area contributed by atoms with Crippen LogP contribution in [0.3, 0.4) is 0 Å². The Labute approximate surface area is 166 Å². The number of pyridine rings is 1. The Morgan fingerprint density at radius 1 is 1.21 bits per heavy atom. The number of likely N-dealkylation sites (tertiary alicyclic amines) is 1. The van der Waals surface area contributed by atoms with Crippen LogP contribution in [0.2, 0.25) is 0 Å². The zero-order valence-corrected chi connectivity index (χ0v) is 16.4. The number of rotatable bonds is 5. The lowest BCUT2D eigenvalue weighted by atomic mass is 9.73. The first-order valence-corrected chi connectivity index (χ1v) is 10.1. The van der Waals surface area contributed by atoms with E-state index in [4.69, 9.17) is 0 Å². The number of carbonyl (C=O) groups excluding carboxylic acids is 2. The maximum Gasteiger partial charge on any atom is 0.228 e. The number of benzene rings is 1. The molecule has 2 aromatic rings. The van der Waals surface area contributed by atoms with Crippen molar-refractivity contribution in [1.29, 1.82) is 0 Å². The van der Waals surface area contributed by atoms with Crippen molar-refractivity contribution in [1.82, 2.24) is 15.2 Å². The molecule has 0 bridgehead atoms. The minimum absolute atomic E-state index is 0.0294. The van der Waals surface area contributed by atoms with Crippen LogP contribution in [0.4, 0.5) is 0 Å². The van der Waals surface area contributed by atoms with Gasteiger partial charge in [0.25, 0.3) is 0 Å². The molecule has 1 aromatic carbocycles. The summed E-state index contributed by atoms with van der Waals surface area (Å²) < 4.78 is 0. The standard InChI is InChI=1S/C23H27N3O2/c1-24-22(28)23(11-5-13-26(16-23)21(27)17-9-10-17)14-18-6-2-3-8-20(18)19-7-4-12-25-15-19/h2-4,6-8,12,15,17H,5,9-11,13-14,16H2,1H3,(H,24,28). The summed E-state index contributed by atoms with van der Waals surface area (Å²) in [5.74, 6) is 0.443. The molecule has 1 saturated heterocycles. The molecular weight excluding hydrogens is 350 g/mol. The van der Waals surface area contributed by atoms with Gasteiger partial charge in [-0.05, 0) is 49.3 Å². The SMILES string of the molecule is CNC(=O)C1(Cc2ccccc2-c2cccnc2)CCCN(C(=O)C2CC2)C1. The van der Waals surface area contributed by atoms with E-state index in [0.717, 1.165) is 48.9 Å². The summed E-state index contributed by atoms with van der Waals surface area (Å²) in [6.07, 6.45) is 7.88. The molecule has 146 valence electrons. The van der Waals surface area contributed by atoms with Gasteiger partial charge in [-0.2, -0.15) is 0 Å². The van der Waals surface area contributed by atoms with Gasteiger partial charge in [0.2, 0.25) is 11.8 Å². The Hall–Kier alpha value is -2.69. The van der Waals surface area contributed by atoms with Crippen molar-refractivity contribution in [3.05, 3.63) is 54.4 Å². The van der Waals surface area contributed by atoms with E-state index in [1.165, 1.54) is 0 Å². The molecule has 0 radical (unpaired) electrons. The average Bonchev–Trinajstić information content (AvgIpc) is 3.59. The van der Waals surface area contributed by atoms with E-state index < -0.39 is 5.41 Å². The van der Waals surface area contributed by atoms with Crippen molar-refractivity contribution >= 4 is 11.8 Å². The van der Waals surface area contributed by atoms with Crippen LogP contribution in [0, 0.1) is 11.3 Å². The highest BCUT2D eigenvalue weighted by molar-refractivity contribution is 5.86. The average molecular weight is 377 g/mol. The van der Waals surface area contributed by atoms with Crippen molar-refractivity contribution in [2.24, 2.45) is 11.3 Å². The number of amides is 2. The highest BCUT2D eigenvalue weighted by atomic mass is 16.2. The van der Waals surface area contributed by atoms with Crippen molar-refractivity contribution in [2.45, 2.75) is 32.1 Å². The predicted octanol–water partition coefficient (Wildman–Crippen LogP) is 3.06. The molecule has 1 atom stereocenters. The number of hydrogen-bond acceptors (Lipinski definition) is 3. The van der Waals surface area contributed by atoms with Crippen molar-refractivity contribution in [3.8, 4) is 11.1 Å². The first-order chi connectivity index (χ1) is 13.6. The summed E-state index contributed by atoms with van der Waals surface area (Å²) >= 11 is 0. The molecule has 1 unspecified atom stereocenters. The molecule has 2 amide bonds. The molecule has 1 aliphatic carbocycles. The van der Waals surface area contributed by atoms with Crippen LogP contribution in [-0.4, -0.2) is 41.8 Å². The van der Waals surface area contributed by atoms with Crippen molar-refractivity contribution in [2.75, 3.05) is 20.1 Å². The Kier molecular flexibility index (Phi) is 5.16. The van der Waals surface area contributed by atoms with Gasteiger partial charge in [0.1, 0.15) is 0 Å². The fraction of sp³-hybridized carbons (Fsp3) is 0.435. The largest absolute Gasteiger partial charge is 0.359 e. The minimum atomic E-state index is -0.587. The number of piperidine rings is 1. The summed E-state index contributed by atoms with van der Waals surface area (Å²) in [5, 5.41) is 2.87. The van der Waals surface area contributed by atoms with E-state index in [9.17, 15) is 9.59 Å². The second-order valence-corrected chi connectivity index (χ2v) is 8.07. The summed E-state index contributed by atoms with van der Waals surface area (Å²) in [4.78, 5) is 31.9. The Morgan fingerprint density at radius 3 is 2.75 bits per heavy atom.